The van der Waals surface area contributed by atoms with E-state index in [0.29, 0.717) is 23.7 Å². The summed E-state index contributed by atoms with van der Waals surface area (Å²) in [5, 5.41) is 2.70. The lowest BCUT2D eigenvalue weighted by atomic mass is 9.87. The molecule has 2 aliphatic carbocycles. The number of nitrogens with one attached hydrogen (secondary N) is 1. The fraction of sp³-hybridized carbons (Fsp3) is 0.480. The predicted octanol–water partition coefficient (Wildman–Crippen LogP) is 4.87. The standard InChI is InChI=1S/C25H29FN4O3/c1-15(2)33-22-12-23-27-20(16-7-4-3-5-8-16)14-29(23)13-17(22)24(31)28-19-9-6-10-30(25(19)32)21-11-18(21)26/h6,9-10,12-16,18,21H,3-5,7-8,11H2,1-2H3,(H,28,31). The second kappa shape index (κ2) is 8.65. The summed E-state index contributed by atoms with van der Waals surface area (Å²) in [4.78, 5) is 30.8. The van der Waals surface area contributed by atoms with E-state index in [1.807, 2.05) is 24.4 Å². The molecule has 2 saturated carbocycles. The molecule has 2 aliphatic rings. The summed E-state index contributed by atoms with van der Waals surface area (Å²) in [6, 6.07) is 4.51. The molecule has 1 N–H and O–H groups in total. The Bertz CT molecular complexity index is 1240. The second-order valence-electron chi connectivity index (χ2n) is 9.39. The van der Waals surface area contributed by atoms with Gasteiger partial charge in [-0.2, -0.15) is 0 Å². The summed E-state index contributed by atoms with van der Waals surface area (Å²) < 4.78 is 22.6. The number of rotatable bonds is 6. The number of alkyl halides is 1. The zero-order valence-electron chi connectivity index (χ0n) is 19.0. The molecule has 0 radical (unpaired) electrons. The minimum atomic E-state index is -1.01. The SMILES string of the molecule is CC(C)Oc1cc2nc(C3CCCCC3)cn2cc1C(=O)Nc1cccn(C2CC2F)c1=O. The smallest absolute Gasteiger partial charge is 0.274 e. The number of halogens is 1. The zero-order valence-corrected chi connectivity index (χ0v) is 19.0. The number of fused-ring (bicyclic) bond motifs is 1. The van der Waals surface area contributed by atoms with Gasteiger partial charge in [0.15, 0.2) is 0 Å². The highest BCUT2D eigenvalue weighted by Gasteiger charge is 2.40. The van der Waals surface area contributed by atoms with Crippen molar-refractivity contribution in [1.29, 1.82) is 0 Å². The van der Waals surface area contributed by atoms with Gasteiger partial charge in [0.25, 0.3) is 11.5 Å². The van der Waals surface area contributed by atoms with Crippen LogP contribution in [0.2, 0.25) is 0 Å². The van der Waals surface area contributed by atoms with E-state index in [0.717, 1.165) is 24.2 Å². The van der Waals surface area contributed by atoms with Crippen molar-refractivity contribution < 1.29 is 13.9 Å². The van der Waals surface area contributed by atoms with Crippen molar-refractivity contribution in [2.75, 3.05) is 5.32 Å². The van der Waals surface area contributed by atoms with E-state index in [1.165, 1.54) is 29.9 Å². The van der Waals surface area contributed by atoms with E-state index in [9.17, 15) is 14.0 Å². The van der Waals surface area contributed by atoms with Gasteiger partial charge in [0, 0.05) is 37.0 Å². The molecule has 1 amide bonds. The Kier molecular flexibility index (Phi) is 5.68. The zero-order chi connectivity index (χ0) is 23.1. The lowest BCUT2D eigenvalue weighted by Gasteiger charge is -2.19. The summed E-state index contributed by atoms with van der Waals surface area (Å²) in [7, 11) is 0. The lowest BCUT2D eigenvalue weighted by molar-refractivity contribution is 0.102. The number of nitrogens with zero attached hydrogens (tertiary/aromatic N) is 3. The summed E-state index contributed by atoms with van der Waals surface area (Å²) in [6.07, 6.45) is 10.4. The summed E-state index contributed by atoms with van der Waals surface area (Å²) >= 11 is 0. The van der Waals surface area contributed by atoms with Crippen molar-refractivity contribution in [3.63, 3.8) is 0 Å². The Morgan fingerprint density at radius 2 is 2.00 bits per heavy atom. The Labute approximate surface area is 191 Å². The van der Waals surface area contributed by atoms with Gasteiger partial charge < -0.3 is 19.0 Å². The first kappa shape index (κ1) is 21.7. The molecule has 5 rings (SSSR count). The number of carbonyl (C=O) groups excluding carboxylic acids is 1. The summed E-state index contributed by atoms with van der Waals surface area (Å²) in [5.74, 6) is 0.399. The Morgan fingerprint density at radius 3 is 2.70 bits per heavy atom. The van der Waals surface area contributed by atoms with Crippen molar-refractivity contribution in [2.45, 2.75) is 76.6 Å². The van der Waals surface area contributed by atoms with E-state index in [1.54, 1.807) is 24.5 Å². The first-order chi connectivity index (χ1) is 15.9. The average molecular weight is 453 g/mol. The molecular weight excluding hydrogens is 423 g/mol. The van der Waals surface area contributed by atoms with E-state index >= 15 is 0 Å². The third-order valence-electron chi connectivity index (χ3n) is 6.47. The number of imidazole rings is 1. The van der Waals surface area contributed by atoms with Crippen LogP contribution in [0.5, 0.6) is 5.75 Å². The maximum atomic E-state index is 13.5. The third kappa shape index (κ3) is 4.38. The summed E-state index contributed by atoms with van der Waals surface area (Å²) in [6.45, 7) is 3.79. The molecule has 2 unspecified atom stereocenters. The Morgan fingerprint density at radius 1 is 1.24 bits per heavy atom. The van der Waals surface area contributed by atoms with Crippen molar-refractivity contribution in [1.82, 2.24) is 14.0 Å². The molecule has 0 aliphatic heterocycles. The highest BCUT2D eigenvalue weighted by atomic mass is 19.1. The van der Waals surface area contributed by atoms with Crippen LogP contribution in [-0.2, 0) is 0 Å². The molecule has 3 aromatic heterocycles. The van der Waals surface area contributed by atoms with Gasteiger partial charge in [0.05, 0.1) is 23.4 Å². The number of carbonyl (C=O) groups is 1. The molecule has 0 bridgehead atoms. The van der Waals surface area contributed by atoms with Crippen LogP contribution in [0.25, 0.3) is 5.65 Å². The van der Waals surface area contributed by atoms with Gasteiger partial charge in [0.2, 0.25) is 0 Å². The van der Waals surface area contributed by atoms with E-state index < -0.39 is 23.7 Å². The maximum absolute atomic E-state index is 13.5. The van der Waals surface area contributed by atoms with Crippen LogP contribution < -0.4 is 15.6 Å². The molecule has 0 aromatic carbocycles. The quantitative estimate of drug-likeness (QED) is 0.579. The van der Waals surface area contributed by atoms with Crippen molar-refractivity contribution in [3.05, 3.63) is 58.4 Å². The van der Waals surface area contributed by atoms with Crippen LogP contribution in [0.1, 0.15) is 80.4 Å². The topological polar surface area (TPSA) is 77.6 Å². The minimum absolute atomic E-state index is 0.116. The first-order valence-corrected chi connectivity index (χ1v) is 11.8. The third-order valence-corrected chi connectivity index (χ3v) is 6.47. The van der Waals surface area contributed by atoms with E-state index in [2.05, 4.69) is 5.32 Å². The average Bonchev–Trinajstić information content (AvgIpc) is 3.36. The fourth-order valence-electron chi connectivity index (χ4n) is 4.65. The molecule has 0 spiro atoms. The van der Waals surface area contributed by atoms with Crippen molar-refractivity contribution in [3.8, 4) is 5.75 Å². The largest absolute Gasteiger partial charge is 0.490 e. The van der Waals surface area contributed by atoms with Crippen LogP contribution in [-0.4, -0.2) is 32.1 Å². The molecule has 3 heterocycles. The number of amides is 1. The molecule has 33 heavy (non-hydrogen) atoms. The Balaban J connectivity index is 1.48. The van der Waals surface area contributed by atoms with E-state index in [4.69, 9.17) is 9.72 Å². The lowest BCUT2D eigenvalue weighted by Crippen LogP contribution is -2.26. The highest BCUT2D eigenvalue weighted by molar-refractivity contribution is 6.06. The molecule has 3 aromatic rings. The molecule has 7 nitrogen and oxygen atoms in total. The normalized spacial score (nSPS) is 20.8. The van der Waals surface area contributed by atoms with Gasteiger partial charge in [-0.3, -0.25) is 9.59 Å². The molecule has 2 fully saturated rings. The Hall–Kier alpha value is -3.16. The maximum Gasteiger partial charge on any atom is 0.274 e. The predicted molar refractivity (Wildman–Crippen MR) is 124 cm³/mol. The molecule has 174 valence electrons. The number of anilines is 1. The number of hydrogen-bond donors (Lipinski definition) is 1. The number of ether oxygens (including phenoxy) is 1. The highest BCUT2D eigenvalue weighted by Crippen LogP contribution is 2.38. The van der Waals surface area contributed by atoms with Crippen molar-refractivity contribution in [2.24, 2.45) is 0 Å². The minimum Gasteiger partial charge on any atom is -0.490 e. The van der Waals surface area contributed by atoms with Crippen LogP contribution >= 0.6 is 0 Å². The molecular formula is C25H29FN4O3. The van der Waals surface area contributed by atoms with Gasteiger partial charge in [0.1, 0.15) is 23.3 Å². The van der Waals surface area contributed by atoms with Gasteiger partial charge in [-0.25, -0.2) is 9.37 Å². The second-order valence-corrected chi connectivity index (χ2v) is 9.39. The molecule has 0 saturated heterocycles. The van der Waals surface area contributed by atoms with Crippen LogP contribution in [0, 0.1) is 0 Å². The van der Waals surface area contributed by atoms with Crippen LogP contribution in [0.3, 0.4) is 0 Å². The number of hydrogen-bond acceptors (Lipinski definition) is 4. The monoisotopic (exact) mass is 452 g/mol. The van der Waals surface area contributed by atoms with E-state index in [-0.39, 0.29) is 11.8 Å². The fourth-order valence-corrected chi connectivity index (χ4v) is 4.65. The first-order valence-electron chi connectivity index (χ1n) is 11.8. The van der Waals surface area contributed by atoms with Crippen LogP contribution in [0.4, 0.5) is 10.1 Å². The van der Waals surface area contributed by atoms with Crippen molar-refractivity contribution >= 4 is 17.2 Å². The van der Waals surface area contributed by atoms with Gasteiger partial charge in [-0.1, -0.05) is 19.3 Å². The number of aromatic nitrogens is 3. The number of pyridine rings is 2. The molecule has 2 atom stereocenters. The molecule has 8 heteroatoms. The van der Waals surface area contributed by atoms with Gasteiger partial charge >= 0.3 is 0 Å². The summed E-state index contributed by atoms with van der Waals surface area (Å²) in [5.41, 5.74) is 1.79. The van der Waals surface area contributed by atoms with Gasteiger partial charge in [-0.15, -0.1) is 0 Å². The van der Waals surface area contributed by atoms with Gasteiger partial charge in [-0.05, 0) is 38.8 Å². The van der Waals surface area contributed by atoms with Crippen LogP contribution in [0.15, 0.2) is 41.6 Å².